The van der Waals surface area contributed by atoms with E-state index in [1.54, 1.807) is 0 Å². The van der Waals surface area contributed by atoms with Gasteiger partial charge in [0.2, 0.25) is 0 Å². The number of esters is 3. The van der Waals surface area contributed by atoms with Crippen molar-refractivity contribution in [2.75, 3.05) is 13.2 Å². The molecule has 0 fully saturated rings. The molecular weight excluding hydrogens is 1020 g/mol. The van der Waals surface area contributed by atoms with Crippen molar-refractivity contribution >= 4 is 17.9 Å². The Bertz CT molecular complexity index is 1340. The minimum atomic E-state index is -0.774. The van der Waals surface area contributed by atoms with Gasteiger partial charge in [0.05, 0.1) is 0 Å². The molecule has 1 atom stereocenters. The molecule has 490 valence electrons. The van der Waals surface area contributed by atoms with Crippen LogP contribution in [0.2, 0.25) is 0 Å². The van der Waals surface area contributed by atoms with Crippen LogP contribution in [0.3, 0.4) is 0 Å². The summed E-state index contributed by atoms with van der Waals surface area (Å²) < 4.78 is 17.0. The van der Waals surface area contributed by atoms with E-state index in [0.717, 1.165) is 83.5 Å². The van der Waals surface area contributed by atoms with E-state index in [1.807, 2.05) is 0 Å². The Balaban J connectivity index is 4.16. The van der Waals surface area contributed by atoms with Gasteiger partial charge in [0.1, 0.15) is 13.2 Å². The lowest BCUT2D eigenvalue weighted by Crippen LogP contribution is -2.30. The maximum absolute atomic E-state index is 13.0. The number of unbranched alkanes of at least 4 members (excludes halogenated alkanes) is 56. The van der Waals surface area contributed by atoms with Crippen LogP contribution in [-0.2, 0) is 28.6 Å². The smallest absolute Gasteiger partial charge is 0.306 e. The van der Waals surface area contributed by atoms with Crippen molar-refractivity contribution in [3.8, 4) is 0 Å². The normalized spacial score (nSPS) is 12.1. The van der Waals surface area contributed by atoms with Crippen molar-refractivity contribution in [3.63, 3.8) is 0 Å². The zero-order valence-corrected chi connectivity index (χ0v) is 56.5. The lowest BCUT2D eigenvalue weighted by molar-refractivity contribution is -0.167. The van der Waals surface area contributed by atoms with Gasteiger partial charge in [0.25, 0.3) is 0 Å². The minimum absolute atomic E-state index is 0.0691. The molecule has 0 aromatic heterocycles. The van der Waals surface area contributed by atoms with E-state index in [-0.39, 0.29) is 31.1 Å². The molecule has 0 aromatic rings. The SMILES string of the molecule is CCC/C=C\C/C=C\CCCCCCCC(=O)OCC(COC(=O)CCCCCCCCCCCCCCCCCCCCCCCCCCCCCC)OC(=O)CCCCCCCCCCCCCCCCCCCCCCCCCC. The fourth-order valence-corrected chi connectivity index (χ4v) is 11.8. The summed E-state index contributed by atoms with van der Waals surface area (Å²) in [7, 11) is 0. The van der Waals surface area contributed by atoms with Gasteiger partial charge < -0.3 is 14.2 Å². The quantitative estimate of drug-likeness (QED) is 0.0261. The van der Waals surface area contributed by atoms with E-state index in [2.05, 4.69) is 45.1 Å². The third-order valence-electron chi connectivity index (χ3n) is 17.4. The van der Waals surface area contributed by atoms with E-state index in [4.69, 9.17) is 14.2 Å². The average Bonchev–Trinajstić information content (AvgIpc) is 3.49. The number of carbonyl (C=O) groups excluding carboxylic acids is 3. The molecule has 0 saturated carbocycles. The van der Waals surface area contributed by atoms with Crippen LogP contribution in [0.5, 0.6) is 0 Å². The first-order valence-corrected chi connectivity index (χ1v) is 37.8. The Hall–Kier alpha value is -2.11. The van der Waals surface area contributed by atoms with E-state index >= 15 is 0 Å². The zero-order chi connectivity index (χ0) is 59.9. The summed E-state index contributed by atoms with van der Waals surface area (Å²) in [6.07, 6.45) is 89.5. The zero-order valence-electron chi connectivity index (χ0n) is 56.5. The van der Waals surface area contributed by atoms with Crippen LogP contribution in [0.4, 0.5) is 0 Å². The molecule has 1 unspecified atom stereocenters. The topological polar surface area (TPSA) is 78.9 Å². The van der Waals surface area contributed by atoms with E-state index in [0.29, 0.717) is 19.3 Å². The van der Waals surface area contributed by atoms with Gasteiger partial charge in [0, 0.05) is 19.3 Å². The van der Waals surface area contributed by atoms with Gasteiger partial charge in [-0.3, -0.25) is 14.4 Å². The molecule has 0 radical (unpaired) electrons. The Kier molecular flexibility index (Phi) is 70.5. The Morgan fingerprint density at radius 2 is 0.458 bits per heavy atom. The molecule has 0 N–H and O–H groups in total. The van der Waals surface area contributed by atoms with E-state index in [9.17, 15) is 14.4 Å². The standard InChI is InChI=1S/C77H146O6/c1-4-7-10-13-16-19-22-25-27-29-31-33-35-37-38-39-40-42-43-45-47-49-52-55-58-61-64-67-70-76(79)82-73-74(72-81-75(78)69-66-63-60-57-54-51-24-21-18-15-12-9-6-3)83-77(80)71-68-65-62-59-56-53-50-48-46-44-41-36-34-32-30-28-26-23-20-17-14-11-8-5-2/h12,15,21,24,74H,4-11,13-14,16-20,22-23,25-73H2,1-3H3/b15-12-,24-21-. The number of allylic oxidation sites excluding steroid dienone is 4. The van der Waals surface area contributed by atoms with E-state index in [1.165, 1.54) is 308 Å². The molecule has 0 aliphatic heterocycles. The second kappa shape index (κ2) is 72.4. The second-order valence-electron chi connectivity index (χ2n) is 25.9. The van der Waals surface area contributed by atoms with Crippen LogP contribution in [0, 0.1) is 0 Å². The van der Waals surface area contributed by atoms with Crippen LogP contribution in [0.1, 0.15) is 432 Å². The first kappa shape index (κ1) is 80.9. The van der Waals surface area contributed by atoms with Crippen molar-refractivity contribution in [2.45, 2.75) is 438 Å². The van der Waals surface area contributed by atoms with Gasteiger partial charge in [0.15, 0.2) is 6.10 Å². The third kappa shape index (κ3) is 70.5. The number of hydrogen-bond acceptors (Lipinski definition) is 6. The lowest BCUT2D eigenvalue weighted by atomic mass is 10.0. The predicted molar refractivity (Wildman–Crippen MR) is 363 cm³/mol. The highest BCUT2D eigenvalue weighted by Gasteiger charge is 2.20. The second-order valence-corrected chi connectivity index (χ2v) is 25.9. The monoisotopic (exact) mass is 1170 g/mol. The third-order valence-corrected chi connectivity index (χ3v) is 17.4. The molecule has 0 saturated heterocycles. The number of ether oxygens (including phenoxy) is 3. The molecule has 0 spiro atoms. The van der Waals surface area contributed by atoms with Crippen LogP contribution in [-0.4, -0.2) is 37.2 Å². The maximum Gasteiger partial charge on any atom is 0.306 e. The van der Waals surface area contributed by atoms with Crippen LogP contribution < -0.4 is 0 Å². The molecule has 0 aliphatic rings. The summed E-state index contributed by atoms with van der Waals surface area (Å²) in [5.41, 5.74) is 0. The summed E-state index contributed by atoms with van der Waals surface area (Å²) in [6.45, 7) is 6.66. The Labute approximate surface area is 519 Å². The highest BCUT2D eigenvalue weighted by atomic mass is 16.6. The predicted octanol–water partition coefficient (Wildman–Crippen LogP) is 26.1. The maximum atomic E-state index is 13.0. The number of carbonyl (C=O) groups is 3. The molecule has 0 aromatic carbocycles. The summed E-state index contributed by atoms with van der Waals surface area (Å²) in [5.74, 6) is -0.849. The summed E-state index contributed by atoms with van der Waals surface area (Å²) in [4.78, 5) is 38.5. The highest BCUT2D eigenvalue weighted by molar-refractivity contribution is 5.71. The molecule has 6 heteroatoms. The van der Waals surface area contributed by atoms with Crippen LogP contribution in [0.25, 0.3) is 0 Å². The summed E-state index contributed by atoms with van der Waals surface area (Å²) in [5, 5.41) is 0. The van der Waals surface area contributed by atoms with Gasteiger partial charge >= 0.3 is 17.9 Å². The summed E-state index contributed by atoms with van der Waals surface area (Å²) in [6, 6.07) is 0. The molecule has 0 aliphatic carbocycles. The molecular formula is C77H146O6. The van der Waals surface area contributed by atoms with Gasteiger partial charge in [-0.1, -0.05) is 392 Å². The molecule has 0 bridgehead atoms. The Morgan fingerprint density at radius 3 is 0.711 bits per heavy atom. The minimum Gasteiger partial charge on any atom is -0.462 e. The molecule has 83 heavy (non-hydrogen) atoms. The first-order valence-electron chi connectivity index (χ1n) is 37.8. The molecule has 0 rings (SSSR count). The molecule has 0 heterocycles. The first-order chi connectivity index (χ1) is 41.0. The van der Waals surface area contributed by atoms with Crippen LogP contribution in [0.15, 0.2) is 24.3 Å². The van der Waals surface area contributed by atoms with Crippen molar-refractivity contribution < 1.29 is 28.6 Å². The van der Waals surface area contributed by atoms with Crippen molar-refractivity contribution in [1.82, 2.24) is 0 Å². The lowest BCUT2D eigenvalue weighted by Gasteiger charge is -2.18. The number of hydrogen-bond donors (Lipinski definition) is 0. The average molecular weight is 1170 g/mol. The van der Waals surface area contributed by atoms with Gasteiger partial charge in [-0.25, -0.2) is 0 Å². The van der Waals surface area contributed by atoms with Gasteiger partial charge in [-0.15, -0.1) is 0 Å². The summed E-state index contributed by atoms with van der Waals surface area (Å²) >= 11 is 0. The van der Waals surface area contributed by atoms with Gasteiger partial charge in [-0.2, -0.15) is 0 Å². The fraction of sp³-hybridized carbons (Fsp3) is 0.909. The highest BCUT2D eigenvalue weighted by Crippen LogP contribution is 2.20. The van der Waals surface area contributed by atoms with Crippen molar-refractivity contribution in [2.24, 2.45) is 0 Å². The van der Waals surface area contributed by atoms with Crippen molar-refractivity contribution in [3.05, 3.63) is 24.3 Å². The fourth-order valence-electron chi connectivity index (χ4n) is 11.8. The largest absolute Gasteiger partial charge is 0.462 e. The van der Waals surface area contributed by atoms with E-state index < -0.39 is 6.10 Å². The number of rotatable bonds is 71. The Morgan fingerprint density at radius 1 is 0.241 bits per heavy atom. The molecule has 0 amide bonds. The van der Waals surface area contributed by atoms with Crippen LogP contribution >= 0.6 is 0 Å². The van der Waals surface area contributed by atoms with Crippen molar-refractivity contribution in [1.29, 1.82) is 0 Å². The van der Waals surface area contributed by atoms with Gasteiger partial charge in [-0.05, 0) is 44.9 Å². The molecule has 6 nitrogen and oxygen atoms in total.